The topological polar surface area (TPSA) is 70.6 Å². The SMILES string of the molecule is CC(C/C(N)=N/O)N[C@H](C)c1ccc(F)cc1. The molecule has 0 saturated heterocycles. The average Bonchev–Trinajstić information content (AvgIpc) is 2.29. The molecule has 0 radical (unpaired) electrons. The lowest BCUT2D eigenvalue weighted by atomic mass is 10.1. The summed E-state index contributed by atoms with van der Waals surface area (Å²) < 4.78 is 12.7. The van der Waals surface area contributed by atoms with Crippen molar-refractivity contribution < 1.29 is 9.60 Å². The molecule has 0 fully saturated rings. The second-order valence-corrected chi connectivity index (χ2v) is 4.14. The molecule has 4 N–H and O–H groups in total. The zero-order valence-corrected chi connectivity index (χ0v) is 10.0. The molecule has 1 aromatic rings. The van der Waals surface area contributed by atoms with Crippen molar-refractivity contribution >= 4 is 5.84 Å². The van der Waals surface area contributed by atoms with Gasteiger partial charge in [-0.2, -0.15) is 0 Å². The number of amidine groups is 1. The first kappa shape index (κ1) is 13.4. The monoisotopic (exact) mass is 239 g/mol. The lowest BCUT2D eigenvalue weighted by Gasteiger charge is -2.19. The van der Waals surface area contributed by atoms with Crippen molar-refractivity contribution in [2.45, 2.75) is 32.4 Å². The van der Waals surface area contributed by atoms with E-state index < -0.39 is 0 Å². The van der Waals surface area contributed by atoms with Gasteiger partial charge < -0.3 is 16.3 Å². The summed E-state index contributed by atoms with van der Waals surface area (Å²) in [7, 11) is 0. The third-order valence-corrected chi connectivity index (χ3v) is 2.55. The summed E-state index contributed by atoms with van der Waals surface area (Å²) in [5, 5.41) is 14.7. The van der Waals surface area contributed by atoms with Crippen molar-refractivity contribution in [3.05, 3.63) is 35.6 Å². The number of halogens is 1. The van der Waals surface area contributed by atoms with Crippen LogP contribution in [0.4, 0.5) is 4.39 Å². The molecule has 0 aliphatic carbocycles. The van der Waals surface area contributed by atoms with Crippen molar-refractivity contribution in [1.82, 2.24) is 5.32 Å². The summed E-state index contributed by atoms with van der Waals surface area (Å²) in [6.45, 7) is 3.92. The average molecular weight is 239 g/mol. The van der Waals surface area contributed by atoms with Gasteiger partial charge in [0.1, 0.15) is 11.7 Å². The first-order valence-electron chi connectivity index (χ1n) is 5.51. The maximum atomic E-state index is 12.7. The number of benzene rings is 1. The Morgan fingerprint density at radius 3 is 2.53 bits per heavy atom. The molecule has 0 aliphatic rings. The number of hydrogen-bond acceptors (Lipinski definition) is 3. The predicted molar refractivity (Wildman–Crippen MR) is 65.4 cm³/mol. The van der Waals surface area contributed by atoms with E-state index in [0.29, 0.717) is 6.42 Å². The van der Waals surface area contributed by atoms with Crippen molar-refractivity contribution in [3.8, 4) is 0 Å². The van der Waals surface area contributed by atoms with Crippen LogP contribution < -0.4 is 11.1 Å². The van der Waals surface area contributed by atoms with Crippen LogP contribution in [0.1, 0.15) is 31.9 Å². The Kier molecular flexibility index (Phi) is 4.90. The number of nitrogens with zero attached hydrogens (tertiary/aromatic N) is 1. The molecule has 1 aromatic carbocycles. The minimum atomic E-state index is -0.245. The maximum Gasteiger partial charge on any atom is 0.140 e. The molecule has 1 rings (SSSR count). The van der Waals surface area contributed by atoms with E-state index in [1.54, 1.807) is 12.1 Å². The Morgan fingerprint density at radius 1 is 1.41 bits per heavy atom. The largest absolute Gasteiger partial charge is 0.409 e. The van der Waals surface area contributed by atoms with E-state index in [2.05, 4.69) is 10.5 Å². The van der Waals surface area contributed by atoms with Crippen LogP contribution >= 0.6 is 0 Å². The van der Waals surface area contributed by atoms with E-state index in [0.717, 1.165) is 5.56 Å². The Labute approximate surface area is 100 Å². The maximum absolute atomic E-state index is 12.7. The zero-order chi connectivity index (χ0) is 12.8. The van der Waals surface area contributed by atoms with Gasteiger partial charge in [0, 0.05) is 18.5 Å². The third-order valence-electron chi connectivity index (χ3n) is 2.55. The first-order chi connectivity index (χ1) is 8.02. The van der Waals surface area contributed by atoms with Crippen LogP contribution in [0.15, 0.2) is 29.4 Å². The van der Waals surface area contributed by atoms with E-state index in [1.165, 1.54) is 12.1 Å². The number of nitrogens with one attached hydrogen (secondary N) is 1. The van der Waals surface area contributed by atoms with E-state index in [1.807, 2.05) is 13.8 Å². The molecule has 17 heavy (non-hydrogen) atoms. The molecule has 0 aliphatic heterocycles. The Balaban J connectivity index is 2.54. The Morgan fingerprint density at radius 2 is 2.00 bits per heavy atom. The van der Waals surface area contributed by atoms with Gasteiger partial charge in [0.05, 0.1) is 0 Å². The lowest BCUT2D eigenvalue weighted by molar-refractivity contribution is 0.315. The molecule has 5 heteroatoms. The van der Waals surface area contributed by atoms with Crippen molar-refractivity contribution in [2.75, 3.05) is 0 Å². The van der Waals surface area contributed by atoms with Gasteiger partial charge in [-0.1, -0.05) is 17.3 Å². The van der Waals surface area contributed by atoms with Crippen LogP contribution in [-0.4, -0.2) is 17.1 Å². The van der Waals surface area contributed by atoms with Crippen LogP contribution in [0, 0.1) is 5.82 Å². The Hall–Kier alpha value is -1.62. The van der Waals surface area contributed by atoms with Gasteiger partial charge in [-0.3, -0.25) is 0 Å². The molecule has 2 atom stereocenters. The highest BCUT2D eigenvalue weighted by Gasteiger charge is 2.10. The minimum absolute atomic E-state index is 0.0750. The van der Waals surface area contributed by atoms with Gasteiger partial charge in [-0.25, -0.2) is 4.39 Å². The summed E-state index contributed by atoms with van der Waals surface area (Å²) in [4.78, 5) is 0. The summed E-state index contributed by atoms with van der Waals surface area (Å²) in [5.41, 5.74) is 6.42. The standard InChI is InChI=1S/C12H18FN3O/c1-8(7-12(14)16-17)15-9(2)10-3-5-11(13)6-4-10/h3-6,8-9,15,17H,7H2,1-2H3,(H2,14,16)/t8?,9-/m1/s1. The Bertz CT molecular complexity index is 378. The number of hydrogen-bond donors (Lipinski definition) is 3. The van der Waals surface area contributed by atoms with Gasteiger partial charge in [0.15, 0.2) is 0 Å². The van der Waals surface area contributed by atoms with Crippen molar-refractivity contribution in [3.63, 3.8) is 0 Å². The highest BCUT2D eigenvalue weighted by Crippen LogP contribution is 2.14. The summed E-state index contributed by atoms with van der Waals surface area (Å²) in [6, 6.07) is 6.50. The third kappa shape index (κ3) is 4.40. The van der Waals surface area contributed by atoms with Gasteiger partial charge in [0.2, 0.25) is 0 Å². The molecule has 0 spiro atoms. The number of rotatable bonds is 5. The van der Waals surface area contributed by atoms with Crippen LogP contribution in [0.2, 0.25) is 0 Å². The summed E-state index contributed by atoms with van der Waals surface area (Å²) >= 11 is 0. The lowest BCUT2D eigenvalue weighted by Crippen LogP contribution is -2.33. The smallest absolute Gasteiger partial charge is 0.140 e. The van der Waals surface area contributed by atoms with Crippen LogP contribution in [0.25, 0.3) is 0 Å². The number of oxime groups is 1. The molecular weight excluding hydrogens is 221 g/mol. The van der Waals surface area contributed by atoms with E-state index in [9.17, 15) is 4.39 Å². The van der Waals surface area contributed by atoms with Crippen molar-refractivity contribution in [1.29, 1.82) is 0 Å². The van der Waals surface area contributed by atoms with Crippen LogP contribution in [0.3, 0.4) is 0 Å². The molecule has 94 valence electrons. The van der Waals surface area contributed by atoms with E-state index in [4.69, 9.17) is 10.9 Å². The second kappa shape index (κ2) is 6.20. The second-order valence-electron chi connectivity index (χ2n) is 4.14. The normalized spacial score (nSPS) is 15.6. The quantitative estimate of drug-likeness (QED) is 0.318. The first-order valence-corrected chi connectivity index (χ1v) is 5.51. The highest BCUT2D eigenvalue weighted by molar-refractivity contribution is 5.80. The fourth-order valence-electron chi connectivity index (χ4n) is 1.69. The van der Waals surface area contributed by atoms with E-state index in [-0.39, 0.29) is 23.7 Å². The molecule has 0 saturated carbocycles. The number of nitrogens with two attached hydrogens (primary N) is 1. The fourth-order valence-corrected chi connectivity index (χ4v) is 1.69. The molecular formula is C12H18FN3O. The molecule has 4 nitrogen and oxygen atoms in total. The van der Waals surface area contributed by atoms with Crippen LogP contribution in [-0.2, 0) is 0 Å². The van der Waals surface area contributed by atoms with Gasteiger partial charge >= 0.3 is 0 Å². The van der Waals surface area contributed by atoms with Crippen LogP contribution in [0.5, 0.6) is 0 Å². The molecule has 1 unspecified atom stereocenters. The molecule has 0 heterocycles. The molecule has 0 aromatic heterocycles. The van der Waals surface area contributed by atoms with Gasteiger partial charge in [0.25, 0.3) is 0 Å². The van der Waals surface area contributed by atoms with E-state index >= 15 is 0 Å². The summed E-state index contributed by atoms with van der Waals surface area (Å²) in [5.74, 6) is -0.0537. The van der Waals surface area contributed by atoms with Gasteiger partial charge in [-0.15, -0.1) is 0 Å². The zero-order valence-electron chi connectivity index (χ0n) is 10.0. The predicted octanol–water partition coefficient (Wildman–Crippen LogP) is 2.00. The van der Waals surface area contributed by atoms with Gasteiger partial charge in [-0.05, 0) is 31.5 Å². The summed E-state index contributed by atoms with van der Waals surface area (Å²) in [6.07, 6.45) is 0.460. The highest BCUT2D eigenvalue weighted by atomic mass is 19.1. The van der Waals surface area contributed by atoms with Crippen molar-refractivity contribution in [2.24, 2.45) is 10.9 Å². The molecule has 0 amide bonds. The fraction of sp³-hybridized carbons (Fsp3) is 0.417. The molecule has 0 bridgehead atoms. The minimum Gasteiger partial charge on any atom is -0.409 e.